The molecule has 6 nitrogen and oxygen atoms in total. The summed E-state index contributed by atoms with van der Waals surface area (Å²) in [7, 11) is 3.97. The zero-order valence-corrected chi connectivity index (χ0v) is 14.5. The summed E-state index contributed by atoms with van der Waals surface area (Å²) in [5.41, 5.74) is 2.71. The van der Waals surface area contributed by atoms with Crippen molar-refractivity contribution in [2.45, 2.75) is 6.54 Å². The molecule has 0 N–H and O–H groups in total. The molecule has 1 amide bonds. The third kappa shape index (κ3) is 4.36. The first-order valence-electron chi connectivity index (χ1n) is 8.19. The minimum atomic E-state index is -0.134. The first-order valence-corrected chi connectivity index (χ1v) is 8.19. The molecule has 0 bridgehead atoms. The molecule has 0 radical (unpaired) electrons. The van der Waals surface area contributed by atoms with Crippen LogP contribution in [0.15, 0.2) is 54.9 Å². The van der Waals surface area contributed by atoms with Gasteiger partial charge in [-0.1, -0.05) is 18.2 Å². The van der Waals surface area contributed by atoms with Crippen LogP contribution in [0.1, 0.15) is 16.2 Å². The normalized spacial score (nSPS) is 11.0. The standard InChI is InChI=1S/C19H21N5O/c1-23(2)11-12-24(14-15-7-5-6-10-20-15)19(25)18-13-21-16-8-3-4-9-17(16)22-18/h3-10,13H,11-12,14H2,1-2H3. The summed E-state index contributed by atoms with van der Waals surface area (Å²) in [4.78, 5) is 30.0. The first kappa shape index (κ1) is 17.0. The molecule has 0 atom stereocenters. The Morgan fingerprint density at radius 3 is 2.44 bits per heavy atom. The minimum Gasteiger partial charge on any atom is -0.330 e. The molecule has 25 heavy (non-hydrogen) atoms. The lowest BCUT2D eigenvalue weighted by molar-refractivity contribution is 0.0724. The Morgan fingerprint density at radius 2 is 1.72 bits per heavy atom. The van der Waals surface area contributed by atoms with Crippen LogP contribution >= 0.6 is 0 Å². The first-order chi connectivity index (χ1) is 12.1. The van der Waals surface area contributed by atoms with E-state index < -0.39 is 0 Å². The second-order valence-electron chi connectivity index (χ2n) is 6.10. The maximum absolute atomic E-state index is 13.0. The highest BCUT2D eigenvalue weighted by molar-refractivity contribution is 5.93. The van der Waals surface area contributed by atoms with Crippen LogP contribution in [0.4, 0.5) is 0 Å². The van der Waals surface area contributed by atoms with Crippen LogP contribution in [0.3, 0.4) is 0 Å². The van der Waals surface area contributed by atoms with Crippen molar-refractivity contribution in [3.8, 4) is 0 Å². The van der Waals surface area contributed by atoms with Gasteiger partial charge in [0.05, 0.1) is 29.5 Å². The third-order valence-corrected chi connectivity index (χ3v) is 3.85. The predicted octanol–water partition coefficient (Wildman–Crippen LogP) is 2.23. The van der Waals surface area contributed by atoms with Gasteiger partial charge in [0.2, 0.25) is 0 Å². The maximum Gasteiger partial charge on any atom is 0.274 e. The van der Waals surface area contributed by atoms with Crippen molar-refractivity contribution in [3.05, 3.63) is 66.2 Å². The van der Waals surface area contributed by atoms with Crippen LogP contribution in [0, 0.1) is 0 Å². The van der Waals surface area contributed by atoms with E-state index in [0.717, 1.165) is 23.3 Å². The van der Waals surface area contributed by atoms with E-state index in [9.17, 15) is 4.79 Å². The van der Waals surface area contributed by atoms with Gasteiger partial charge in [-0.25, -0.2) is 4.98 Å². The molecule has 1 aromatic carbocycles. The number of hydrogen-bond donors (Lipinski definition) is 0. The Balaban J connectivity index is 1.85. The molecule has 0 aliphatic carbocycles. The van der Waals surface area contributed by atoms with Gasteiger partial charge in [-0.2, -0.15) is 0 Å². The summed E-state index contributed by atoms with van der Waals surface area (Å²) in [6.45, 7) is 1.80. The number of hydrogen-bond acceptors (Lipinski definition) is 5. The largest absolute Gasteiger partial charge is 0.330 e. The molecule has 2 heterocycles. The molecule has 128 valence electrons. The second kappa shape index (κ2) is 7.81. The van der Waals surface area contributed by atoms with Gasteiger partial charge in [0.15, 0.2) is 0 Å². The Bertz CT molecular complexity index is 851. The second-order valence-corrected chi connectivity index (χ2v) is 6.10. The number of pyridine rings is 1. The van der Waals surface area contributed by atoms with Crippen molar-refractivity contribution in [1.29, 1.82) is 0 Å². The third-order valence-electron chi connectivity index (χ3n) is 3.85. The Morgan fingerprint density at radius 1 is 0.960 bits per heavy atom. The van der Waals surface area contributed by atoms with E-state index in [4.69, 9.17) is 0 Å². The van der Waals surface area contributed by atoms with Crippen LogP contribution in [-0.2, 0) is 6.54 Å². The molecule has 3 aromatic rings. The van der Waals surface area contributed by atoms with Crippen molar-refractivity contribution in [3.63, 3.8) is 0 Å². The quantitative estimate of drug-likeness (QED) is 0.691. The lowest BCUT2D eigenvalue weighted by Gasteiger charge is -2.23. The molecule has 3 rings (SSSR count). The van der Waals surface area contributed by atoms with Crippen LogP contribution in [0.2, 0.25) is 0 Å². The predicted molar refractivity (Wildman–Crippen MR) is 97.1 cm³/mol. The topological polar surface area (TPSA) is 62.2 Å². The van der Waals surface area contributed by atoms with Gasteiger partial charge in [0.1, 0.15) is 5.69 Å². The minimum absolute atomic E-state index is 0.134. The highest BCUT2D eigenvalue weighted by Crippen LogP contribution is 2.11. The number of aromatic nitrogens is 3. The monoisotopic (exact) mass is 335 g/mol. The van der Waals surface area contributed by atoms with Crippen molar-refractivity contribution < 1.29 is 4.79 Å². The van der Waals surface area contributed by atoms with Crippen molar-refractivity contribution >= 4 is 16.9 Å². The lowest BCUT2D eigenvalue weighted by Crippen LogP contribution is -2.37. The Hall–Kier alpha value is -2.86. The highest BCUT2D eigenvalue weighted by Gasteiger charge is 2.19. The molecule has 0 unspecified atom stereocenters. The molecular weight excluding hydrogens is 314 g/mol. The van der Waals surface area contributed by atoms with Gasteiger partial charge >= 0.3 is 0 Å². The molecule has 0 spiro atoms. The van der Waals surface area contributed by atoms with E-state index in [1.165, 1.54) is 0 Å². The summed E-state index contributed by atoms with van der Waals surface area (Å²) in [6.07, 6.45) is 3.28. The van der Waals surface area contributed by atoms with Crippen LogP contribution in [0.5, 0.6) is 0 Å². The zero-order chi connectivity index (χ0) is 17.6. The summed E-state index contributed by atoms with van der Waals surface area (Å²) < 4.78 is 0. The number of nitrogens with zero attached hydrogens (tertiary/aromatic N) is 5. The van der Waals surface area contributed by atoms with Crippen molar-refractivity contribution in [2.75, 3.05) is 27.2 Å². The SMILES string of the molecule is CN(C)CCN(Cc1ccccn1)C(=O)c1cnc2ccccc2n1. The number of fused-ring (bicyclic) bond motifs is 1. The number of amides is 1. The van der Waals surface area contributed by atoms with Gasteiger partial charge in [-0.05, 0) is 38.4 Å². The summed E-state index contributed by atoms with van der Waals surface area (Å²) in [5, 5.41) is 0. The molecule has 6 heteroatoms. The molecule has 0 saturated heterocycles. The number of carbonyl (C=O) groups excluding carboxylic acids is 1. The number of rotatable bonds is 6. The van der Waals surface area contributed by atoms with Crippen molar-refractivity contribution in [2.24, 2.45) is 0 Å². The Labute approximate surface area is 147 Å². The average molecular weight is 335 g/mol. The zero-order valence-electron chi connectivity index (χ0n) is 14.5. The fraction of sp³-hybridized carbons (Fsp3) is 0.263. The fourth-order valence-electron chi connectivity index (χ4n) is 2.48. The molecular formula is C19H21N5O. The molecule has 0 aliphatic rings. The highest BCUT2D eigenvalue weighted by atomic mass is 16.2. The van der Waals surface area contributed by atoms with Gasteiger partial charge < -0.3 is 9.80 Å². The smallest absolute Gasteiger partial charge is 0.274 e. The van der Waals surface area contributed by atoms with E-state index in [-0.39, 0.29) is 5.91 Å². The van der Waals surface area contributed by atoms with Gasteiger partial charge in [-0.15, -0.1) is 0 Å². The molecule has 0 fully saturated rings. The van der Waals surface area contributed by atoms with Gasteiger partial charge in [-0.3, -0.25) is 14.8 Å². The summed E-state index contributed by atoms with van der Waals surface area (Å²) in [5.74, 6) is -0.134. The fourth-order valence-corrected chi connectivity index (χ4v) is 2.48. The van der Waals surface area contributed by atoms with E-state index >= 15 is 0 Å². The number of para-hydroxylation sites is 2. The van der Waals surface area contributed by atoms with E-state index in [0.29, 0.717) is 18.8 Å². The molecule has 0 aliphatic heterocycles. The number of benzene rings is 1. The lowest BCUT2D eigenvalue weighted by atomic mass is 10.2. The van der Waals surface area contributed by atoms with Crippen LogP contribution in [0.25, 0.3) is 11.0 Å². The van der Waals surface area contributed by atoms with E-state index in [1.54, 1.807) is 17.3 Å². The average Bonchev–Trinajstić information content (AvgIpc) is 2.65. The summed E-state index contributed by atoms with van der Waals surface area (Å²) >= 11 is 0. The number of likely N-dealkylation sites (N-methyl/N-ethyl adjacent to an activating group) is 1. The molecule has 0 saturated carbocycles. The maximum atomic E-state index is 13.0. The molecule has 2 aromatic heterocycles. The van der Waals surface area contributed by atoms with E-state index in [1.807, 2.05) is 61.5 Å². The van der Waals surface area contributed by atoms with Gasteiger partial charge in [0.25, 0.3) is 5.91 Å². The number of carbonyl (C=O) groups is 1. The van der Waals surface area contributed by atoms with Crippen LogP contribution in [-0.4, -0.2) is 57.8 Å². The summed E-state index contributed by atoms with van der Waals surface area (Å²) in [6, 6.07) is 13.3. The van der Waals surface area contributed by atoms with Crippen molar-refractivity contribution in [1.82, 2.24) is 24.8 Å². The van der Waals surface area contributed by atoms with E-state index in [2.05, 4.69) is 15.0 Å². The van der Waals surface area contributed by atoms with Crippen LogP contribution < -0.4 is 0 Å². The Kier molecular flexibility index (Phi) is 5.30. The van der Waals surface area contributed by atoms with Gasteiger partial charge in [0, 0.05) is 19.3 Å².